The Morgan fingerprint density at radius 1 is 0.705 bits per heavy atom. The van der Waals surface area contributed by atoms with E-state index in [0.717, 1.165) is 29.8 Å². The monoisotopic (exact) mass is 603 g/mol. The van der Waals surface area contributed by atoms with Crippen molar-refractivity contribution in [3.8, 4) is 0 Å². The maximum atomic E-state index is 5.44. The lowest BCUT2D eigenvalue weighted by atomic mass is 9.65. The van der Waals surface area contributed by atoms with Crippen LogP contribution < -0.4 is 10.9 Å². The first-order valence-corrected chi connectivity index (χ1v) is 17.9. The van der Waals surface area contributed by atoms with Gasteiger partial charge in [-0.2, -0.15) is 12.6 Å². The molecule has 1 heterocycles. The molecule has 1 radical (unpaired) electrons. The Morgan fingerprint density at radius 3 is 1.82 bits per heavy atom. The van der Waals surface area contributed by atoms with Crippen LogP contribution in [-0.2, 0) is 10.9 Å². The molecule has 1 unspecified atom stereocenters. The van der Waals surface area contributed by atoms with E-state index in [0.29, 0.717) is 0 Å². The summed E-state index contributed by atoms with van der Waals surface area (Å²) in [6, 6.07) is 54.8. The molecule has 0 bridgehead atoms. The predicted octanol–water partition coefficient (Wildman–Crippen LogP) is 7.35. The van der Waals surface area contributed by atoms with Crippen LogP contribution in [0.4, 0.5) is 0 Å². The molecule has 6 rings (SSSR count). The van der Waals surface area contributed by atoms with Crippen molar-refractivity contribution in [2.75, 3.05) is 0 Å². The minimum atomic E-state index is -1.51. The smallest absolute Gasteiger partial charge is 0.241 e. The highest BCUT2D eigenvalue weighted by Crippen LogP contribution is 2.41. The van der Waals surface area contributed by atoms with Crippen molar-refractivity contribution >= 4 is 51.2 Å². The standard InChI is InChI=1S/C39H36BN2SSi/c43-39(34-20-10-3-11-21-34,35-22-12-4-13-23-35)26-29-44(36-24-14-5-15-25-36)31-42-28-27-41-38(42)40-37(33-18-8-2-9-19-33)30-32-16-6-1-7-17-32/h1-25,27-28,30,43-44H,26,29,31H2. The van der Waals surface area contributed by atoms with E-state index in [1.54, 1.807) is 0 Å². The van der Waals surface area contributed by atoms with Crippen molar-refractivity contribution < 1.29 is 0 Å². The molecular formula is C39H36BN2SSi. The maximum absolute atomic E-state index is 5.44. The van der Waals surface area contributed by atoms with Gasteiger partial charge >= 0.3 is 0 Å². The van der Waals surface area contributed by atoms with Crippen molar-refractivity contribution in [2.24, 2.45) is 0 Å². The number of hydrogen-bond acceptors (Lipinski definition) is 2. The van der Waals surface area contributed by atoms with E-state index in [4.69, 9.17) is 17.6 Å². The van der Waals surface area contributed by atoms with E-state index in [9.17, 15) is 0 Å². The zero-order chi connectivity index (χ0) is 30.0. The summed E-state index contributed by atoms with van der Waals surface area (Å²) < 4.78 is 1.99. The van der Waals surface area contributed by atoms with Crippen LogP contribution in [0.25, 0.3) is 11.5 Å². The van der Waals surface area contributed by atoms with Gasteiger partial charge in [-0.1, -0.05) is 174 Å². The Hall–Kier alpha value is -4.32. The fourth-order valence-electron chi connectivity index (χ4n) is 5.91. The average molecular weight is 604 g/mol. The van der Waals surface area contributed by atoms with Crippen molar-refractivity contribution in [2.45, 2.75) is 23.4 Å². The molecule has 0 fully saturated rings. The van der Waals surface area contributed by atoms with Crippen LogP contribution in [0.3, 0.4) is 0 Å². The highest BCUT2D eigenvalue weighted by Gasteiger charge is 2.31. The molecule has 0 saturated heterocycles. The van der Waals surface area contributed by atoms with Gasteiger partial charge in [-0.15, -0.1) is 0 Å². The lowest BCUT2D eigenvalue weighted by Gasteiger charge is -2.32. The Bertz CT molecular complexity index is 1720. The molecule has 0 N–H and O–H groups in total. The number of thiol groups is 1. The molecule has 2 nitrogen and oxygen atoms in total. The Balaban J connectivity index is 1.30. The summed E-state index contributed by atoms with van der Waals surface area (Å²) in [5.41, 5.74) is 6.95. The first-order chi connectivity index (χ1) is 21.7. The molecule has 0 aliphatic heterocycles. The summed E-state index contributed by atoms with van der Waals surface area (Å²) in [6.07, 6.45) is 8.23. The third-order valence-electron chi connectivity index (χ3n) is 8.31. The van der Waals surface area contributed by atoms with E-state index in [-0.39, 0.29) is 4.75 Å². The Labute approximate surface area is 269 Å². The molecule has 5 aromatic carbocycles. The number of benzene rings is 5. The minimum absolute atomic E-state index is 0.370. The molecule has 44 heavy (non-hydrogen) atoms. The van der Waals surface area contributed by atoms with Gasteiger partial charge < -0.3 is 4.57 Å². The lowest BCUT2D eigenvalue weighted by Crippen LogP contribution is -2.40. The summed E-state index contributed by atoms with van der Waals surface area (Å²) in [7, 11) is 0.719. The summed E-state index contributed by atoms with van der Waals surface area (Å²) >= 11 is 5.44. The highest BCUT2D eigenvalue weighted by atomic mass is 32.1. The van der Waals surface area contributed by atoms with Gasteiger partial charge in [-0.05, 0) is 28.7 Å². The van der Waals surface area contributed by atoms with E-state index >= 15 is 0 Å². The van der Waals surface area contributed by atoms with Crippen molar-refractivity contribution in [1.82, 2.24) is 9.55 Å². The third kappa shape index (κ3) is 7.24. The van der Waals surface area contributed by atoms with Crippen molar-refractivity contribution in [3.63, 3.8) is 0 Å². The van der Waals surface area contributed by atoms with E-state index in [2.05, 4.69) is 176 Å². The Kier molecular flexibility index (Phi) is 9.76. The topological polar surface area (TPSA) is 17.8 Å². The molecule has 0 saturated carbocycles. The third-order valence-corrected chi connectivity index (χ3v) is 12.2. The molecular weight excluding hydrogens is 567 g/mol. The number of imidazole rings is 1. The van der Waals surface area contributed by atoms with Crippen LogP contribution in [0.15, 0.2) is 164 Å². The average Bonchev–Trinajstić information content (AvgIpc) is 3.54. The van der Waals surface area contributed by atoms with Crippen LogP contribution in [-0.4, -0.2) is 25.6 Å². The van der Waals surface area contributed by atoms with Gasteiger partial charge in [0.25, 0.3) is 0 Å². The molecule has 1 aromatic heterocycles. The van der Waals surface area contributed by atoms with E-state index in [1.165, 1.54) is 27.4 Å². The molecule has 6 aromatic rings. The quantitative estimate of drug-likeness (QED) is 0.0880. The summed E-state index contributed by atoms with van der Waals surface area (Å²) in [5.74, 6) is 0. The molecule has 0 aliphatic rings. The fraction of sp³-hybridized carbons (Fsp3) is 0.103. The largest absolute Gasteiger partial charge is 0.346 e. The number of aromatic nitrogens is 2. The van der Waals surface area contributed by atoms with Crippen molar-refractivity contribution in [3.05, 3.63) is 186 Å². The summed E-state index contributed by atoms with van der Waals surface area (Å²) in [6.45, 7) is 0. The first kappa shape index (κ1) is 29.7. The molecule has 215 valence electrons. The SMILES string of the molecule is SC(CC[SiH](Cn1ccnc1[B]C(=Cc1ccccc1)c1ccccc1)c1ccccc1)(c1ccccc1)c1ccccc1. The van der Waals surface area contributed by atoms with E-state index < -0.39 is 8.80 Å². The second kappa shape index (κ2) is 14.4. The summed E-state index contributed by atoms with van der Waals surface area (Å²) in [4.78, 5) is 4.85. The number of nitrogens with zero attached hydrogens (tertiary/aromatic N) is 2. The zero-order valence-electron chi connectivity index (χ0n) is 24.8. The van der Waals surface area contributed by atoms with Crippen LogP contribution >= 0.6 is 12.6 Å². The van der Waals surface area contributed by atoms with Gasteiger partial charge in [0.15, 0.2) is 0 Å². The van der Waals surface area contributed by atoms with Gasteiger partial charge in [0, 0.05) is 18.6 Å². The van der Waals surface area contributed by atoms with Crippen molar-refractivity contribution in [1.29, 1.82) is 0 Å². The number of hydrogen-bond donors (Lipinski definition) is 1. The van der Waals surface area contributed by atoms with Gasteiger partial charge in [-0.3, -0.25) is 4.98 Å². The first-order valence-electron chi connectivity index (χ1n) is 15.3. The molecule has 0 amide bonds. The van der Waals surface area contributed by atoms with Crippen LogP contribution in [0.5, 0.6) is 0 Å². The van der Waals surface area contributed by atoms with Crippen LogP contribution in [0.1, 0.15) is 28.7 Å². The van der Waals surface area contributed by atoms with Gasteiger partial charge in [0.2, 0.25) is 7.28 Å². The highest BCUT2D eigenvalue weighted by molar-refractivity contribution is 7.81. The normalized spacial score (nSPS) is 12.5. The zero-order valence-corrected chi connectivity index (χ0v) is 26.8. The fourth-order valence-corrected chi connectivity index (χ4v) is 9.64. The van der Waals surface area contributed by atoms with E-state index in [1.807, 2.05) is 6.20 Å². The van der Waals surface area contributed by atoms with Crippen LogP contribution in [0, 0.1) is 0 Å². The summed E-state index contributed by atoms with van der Waals surface area (Å²) in [5, 5.41) is 1.46. The predicted molar refractivity (Wildman–Crippen MR) is 194 cm³/mol. The minimum Gasteiger partial charge on any atom is -0.346 e. The maximum Gasteiger partial charge on any atom is 0.241 e. The molecule has 1 atom stereocenters. The van der Waals surface area contributed by atoms with Gasteiger partial charge in [0.05, 0.1) is 19.3 Å². The molecule has 0 aliphatic carbocycles. The second-order valence-electron chi connectivity index (χ2n) is 11.2. The van der Waals surface area contributed by atoms with Gasteiger partial charge in [0.1, 0.15) is 0 Å². The second-order valence-corrected chi connectivity index (χ2v) is 15.0. The van der Waals surface area contributed by atoms with Gasteiger partial charge in [-0.25, -0.2) is 0 Å². The number of rotatable bonds is 12. The van der Waals surface area contributed by atoms with Crippen LogP contribution in [0.2, 0.25) is 6.04 Å². The Morgan fingerprint density at radius 2 is 1.23 bits per heavy atom. The lowest BCUT2D eigenvalue weighted by molar-refractivity contribution is 0.707. The molecule has 5 heteroatoms. The molecule has 0 spiro atoms.